The maximum absolute atomic E-state index is 6.50. The van der Waals surface area contributed by atoms with Gasteiger partial charge in [-0.1, -0.05) is 44.2 Å². The summed E-state index contributed by atoms with van der Waals surface area (Å²) >= 11 is 2.02. The van der Waals surface area contributed by atoms with Crippen LogP contribution in [-0.4, -0.2) is 23.2 Å². The van der Waals surface area contributed by atoms with Crippen LogP contribution >= 0.6 is 11.8 Å². The topological polar surface area (TPSA) is 35.2 Å². The second-order valence-corrected chi connectivity index (χ2v) is 7.11. The quantitative estimate of drug-likeness (QED) is 0.894. The van der Waals surface area contributed by atoms with Crippen molar-refractivity contribution in [3.05, 3.63) is 35.9 Å². The Balaban J connectivity index is 2.07. The molecular formula is C16H25NOS. The molecule has 1 heterocycles. The van der Waals surface area contributed by atoms with Gasteiger partial charge in [-0.15, -0.1) is 0 Å². The van der Waals surface area contributed by atoms with Crippen molar-refractivity contribution < 1.29 is 4.74 Å². The van der Waals surface area contributed by atoms with Gasteiger partial charge in [0.1, 0.15) is 0 Å². The van der Waals surface area contributed by atoms with Crippen LogP contribution in [0.25, 0.3) is 0 Å². The van der Waals surface area contributed by atoms with Crippen LogP contribution in [-0.2, 0) is 4.74 Å². The first kappa shape index (κ1) is 14.9. The number of hydrogen-bond acceptors (Lipinski definition) is 3. The number of rotatable bonds is 5. The van der Waals surface area contributed by atoms with Crippen LogP contribution in [0.3, 0.4) is 0 Å². The fourth-order valence-corrected chi connectivity index (χ4v) is 4.19. The molecule has 0 aromatic heterocycles. The summed E-state index contributed by atoms with van der Waals surface area (Å²) in [5, 5.41) is 1.03. The van der Waals surface area contributed by atoms with Gasteiger partial charge in [-0.05, 0) is 24.8 Å². The van der Waals surface area contributed by atoms with Crippen LogP contribution in [0.2, 0.25) is 0 Å². The van der Waals surface area contributed by atoms with Crippen LogP contribution in [0, 0.1) is 5.92 Å². The lowest BCUT2D eigenvalue weighted by molar-refractivity contribution is 0.127. The van der Waals surface area contributed by atoms with Gasteiger partial charge in [0.25, 0.3) is 0 Å². The molecule has 2 nitrogen and oxygen atoms in total. The summed E-state index contributed by atoms with van der Waals surface area (Å²) < 4.78 is 5.67. The van der Waals surface area contributed by atoms with E-state index < -0.39 is 0 Å². The summed E-state index contributed by atoms with van der Waals surface area (Å²) in [6.07, 6.45) is 1.51. The number of nitrogens with two attached hydrogens (primary N) is 1. The number of benzene rings is 1. The fourth-order valence-electron chi connectivity index (χ4n) is 2.61. The highest BCUT2D eigenvalue weighted by atomic mass is 32.2. The summed E-state index contributed by atoms with van der Waals surface area (Å²) in [6, 6.07) is 10.5. The molecule has 1 fully saturated rings. The summed E-state index contributed by atoms with van der Waals surface area (Å²) in [6.45, 7) is 7.60. The third-order valence-electron chi connectivity index (χ3n) is 3.83. The first-order valence-electron chi connectivity index (χ1n) is 7.17. The van der Waals surface area contributed by atoms with Gasteiger partial charge < -0.3 is 10.5 Å². The van der Waals surface area contributed by atoms with Crippen LogP contribution in [0.15, 0.2) is 30.3 Å². The van der Waals surface area contributed by atoms with E-state index in [-0.39, 0.29) is 6.04 Å². The number of thioether (sulfide) groups is 1. The molecule has 1 saturated heterocycles. The third-order valence-corrected chi connectivity index (χ3v) is 5.95. The minimum Gasteiger partial charge on any atom is -0.377 e. The van der Waals surface area contributed by atoms with Gasteiger partial charge in [-0.25, -0.2) is 0 Å². The van der Waals surface area contributed by atoms with Crippen LogP contribution in [0.1, 0.15) is 38.8 Å². The van der Waals surface area contributed by atoms with Crippen LogP contribution in [0.4, 0.5) is 0 Å². The number of ether oxygens (including phenoxy) is 1. The van der Waals surface area contributed by atoms with Crippen molar-refractivity contribution in [3.8, 4) is 0 Å². The normalized spacial score (nSPS) is 26.6. The van der Waals surface area contributed by atoms with E-state index in [1.54, 1.807) is 0 Å². The second-order valence-electron chi connectivity index (χ2n) is 5.68. The summed E-state index contributed by atoms with van der Waals surface area (Å²) in [4.78, 5) is 0. The Morgan fingerprint density at radius 1 is 1.26 bits per heavy atom. The van der Waals surface area contributed by atoms with Gasteiger partial charge in [-0.3, -0.25) is 0 Å². The Morgan fingerprint density at radius 3 is 2.47 bits per heavy atom. The van der Waals surface area contributed by atoms with Gasteiger partial charge in [-0.2, -0.15) is 11.8 Å². The maximum atomic E-state index is 6.50. The zero-order valence-corrected chi connectivity index (χ0v) is 12.9. The van der Waals surface area contributed by atoms with Crippen LogP contribution < -0.4 is 5.73 Å². The van der Waals surface area contributed by atoms with E-state index in [1.807, 2.05) is 17.8 Å². The molecule has 1 aromatic carbocycles. The van der Waals surface area contributed by atoms with Gasteiger partial charge in [0.2, 0.25) is 0 Å². The van der Waals surface area contributed by atoms with E-state index in [0.717, 1.165) is 13.0 Å². The molecule has 0 amide bonds. The Labute approximate surface area is 121 Å². The fraction of sp³-hybridized carbons (Fsp3) is 0.625. The predicted octanol–water partition coefficient (Wildman–Crippen LogP) is 3.62. The van der Waals surface area contributed by atoms with Crippen LogP contribution in [0.5, 0.6) is 0 Å². The Morgan fingerprint density at radius 2 is 1.95 bits per heavy atom. The molecule has 0 saturated carbocycles. The summed E-state index contributed by atoms with van der Waals surface area (Å²) in [5.41, 5.74) is 7.74. The van der Waals surface area contributed by atoms with Crippen molar-refractivity contribution >= 4 is 11.8 Å². The third kappa shape index (κ3) is 3.74. The van der Waals surface area contributed by atoms with Gasteiger partial charge >= 0.3 is 0 Å². The van der Waals surface area contributed by atoms with E-state index >= 15 is 0 Å². The van der Waals surface area contributed by atoms with E-state index in [2.05, 4.69) is 45.0 Å². The Kier molecular flexibility index (Phi) is 5.31. The Bertz CT molecular complexity index is 382. The van der Waals surface area contributed by atoms with Crippen molar-refractivity contribution in [3.63, 3.8) is 0 Å². The number of hydrogen-bond donors (Lipinski definition) is 1. The van der Waals surface area contributed by atoms with Crippen molar-refractivity contribution in [1.82, 2.24) is 0 Å². The minimum absolute atomic E-state index is 0.0963. The molecular weight excluding hydrogens is 254 g/mol. The highest BCUT2D eigenvalue weighted by Gasteiger charge is 2.32. The SMILES string of the molecule is CC(C)C(SC1CCOC1C)C(N)c1ccccc1. The molecule has 2 rings (SSSR count). The zero-order chi connectivity index (χ0) is 13.8. The first-order valence-corrected chi connectivity index (χ1v) is 8.11. The lowest BCUT2D eigenvalue weighted by Gasteiger charge is -2.30. The monoisotopic (exact) mass is 279 g/mol. The standard InChI is InChI=1S/C16H25NOS/c1-11(2)16(19-14-9-10-18-12(14)3)15(17)13-7-5-4-6-8-13/h4-8,11-12,14-16H,9-10,17H2,1-3H3. The minimum atomic E-state index is 0.0963. The average molecular weight is 279 g/mol. The lowest BCUT2D eigenvalue weighted by Crippen LogP contribution is -2.31. The molecule has 2 N–H and O–H groups in total. The average Bonchev–Trinajstić information content (AvgIpc) is 2.81. The molecule has 1 aliphatic heterocycles. The molecule has 1 aromatic rings. The summed E-state index contributed by atoms with van der Waals surface area (Å²) in [5.74, 6) is 0.563. The van der Waals surface area contributed by atoms with Gasteiger partial charge in [0.05, 0.1) is 6.10 Å². The molecule has 19 heavy (non-hydrogen) atoms. The first-order chi connectivity index (χ1) is 9.09. The second kappa shape index (κ2) is 6.78. The lowest BCUT2D eigenvalue weighted by atomic mass is 9.97. The molecule has 106 valence electrons. The van der Waals surface area contributed by atoms with Crippen molar-refractivity contribution in [1.29, 1.82) is 0 Å². The molecule has 0 bridgehead atoms. The zero-order valence-electron chi connectivity index (χ0n) is 12.1. The molecule has 4 unspecified atom stereocenters. The summed E-state index contributed by atoms with van der Waals surface area (Å²) in [7, 11) is 0. The highest BCUT2D eigenvalue weighted by molar-refractivity contribution is 8.00. The van der Waals surface area contributed by atoms with Crippen molar-refractivity contribution in [2.75, 3.05) is 6.61 Å². The molecule has 3 heteroatoms. The molecule has 1 aliphatic rings. The maximum Gasteiger partial charge on any atom is 0.0666 e. The Hall–Kier alpha value is -0.510. The van der Waals surface area contributed by atoms with Crippen molar-refractivity contribution in [2.45, 2.75) is 49.8 Å². The van der Waals surface area contributed by atoms with E-state index in [4.69, 9.17) is 10.5 Å². The molecule has 0 radical (unpaired) electrons. The van der Waals surface area contributed by atoms with E-state index in [0.29, 0.717) is 22.5 Å². The van der Waals surface area contributed by atoms with Gasteiger partial charge in [0, 0.05) is 23.1 Å². The van der Waals surface area contributed by atoms with E-state index in [9.17, 15) is 0 Å². The molecule has 0 aliphatic carbocycles. The predicted molar refractivity (Wildman–Crippen MR) is 83.4 cm³/mol. The molecule has 0 spiro atoms. The highest BCUT2D eigenvalue weighted by Crippen LogP contribution is 2.37. The van der Waals surface area contributed by atoms with Crippen molar-refractivity contribution in [2.24, 2.45) is 11.7 Å². The molecule has 4 atom stereocenters. The largest absolute Gasteiger partial charge is 0.377 e. The van der Waals surface area contributed by atoms with E-state index in [1.165, 1.54) is 5.56 Å². The smallest absolute Gasteiger partial charge is 0.0666 e. The van der Waals surface area contributed by atoms with Gasteiger partial charge in [0.15, 0.2) is 0 Å².